The van der Waals surface area contributed by atoms with E-state index in [0.29, 0.717) is 25.9 Å². The highest BCUT2D eigenvalue weighted by atomic mass is 16.8. The summed E-state index contributed by atoms with van der Waals surface area (Å²) in [4.78, 5) is 33.8. The second-order valence-corrected chi connectivity index (χ2v) is 5.64. The van der Waals surface area contributed by atoms with Gasteiger partial charge in [-0.1, -0.05) is 0 Å². The molecule has 1 amide bonds. The van der Waals surface area contributed by atoms with Gasteiger partial charge in [0.2, 0.25) is 0 Å². The van der Waals surface area contributed by atoms with Crippen LogP contribution in [0.3, 0.4) is 0 Å². The Kier molecular flexibility index (Phi) is 5.74. The van der Waals surface area contributed by atoms with E-state index >= 15 is 0 Å². The summed E-state index contributed by atoms with van der Waals surface area (Å²) >= 11 is 0. The van der Waals surface area contributed by atoms with Crippen LogP contribution in [0.5, 0.6) is 0 Å². The van der Waals surface area contributed by atoms with E-state index in [1.165, 1.54) is 4.90 Å². The molecule has 9 nitrogen and oxygen atoms in total. The summed E-state index contributed by atoms with van der Waals surface area (Å²) in [7, 11) is 0. The van der Waals surface area contributed by atoms with Crippen molar-refractivity contribution in [1.82, 2.24) is 4.90 Å². The van der Waals surface area contributed by atoms with Gasteiger partial charge in [-0.25, -0.2) is 9.59 Å². The lowest BCUT2D eigenvalue weighted by molar-refractivity contribution is -0.519. The van der Waals surface area contributed by atoms with Crippen LogP contribution in [-0.2, 0) is 14.2 Å². The molecule has 1 aliphatic heterocycles. The van der Waals surface area contributed by atoms with Crippen LogP contribution in [0.2, 0.25) is 0 Å². The first-order valence-electron chi connectivity index (χ1n) is 6.60. The molecule has 1 saturated heterocycles. The van der Waals surface area contributed by atoms with Gasteiger partial charge in [-0.05, 0) is 20.8 Å². The number of hydrogen-bond donors (Lipinski definition) is 0. The smallest absolute Gasteiger partial charge is 0.444 e. The number of amides is 1. The molecule has 1 aliphatic rings. The molecule has 9 heteroatoms. The lowest BCUT2D eigenvalue weighted by atomic mass is 10.1. The number of piperidine rings is 1. The van der Waals surface area contributed by atoms with Crippen molar-refractivity contribution in [2.24, 2.45) is 0 Å². The molecule has 1 heterocycles. The maximum atomic E-state index is 11.8. The zero-order chi connectivity index (χ0) is 16.0. The normalized spacial score (nSPS) is 16.2. The van der Waals surface area contributed by atoms with Crippen LogP contribution in [0.15, 0.2) is 0 Å². The minimum absolute atomic E-state index is 0.391. The van der Waals surface area contributed by atoms with Gasteiger partial charge in [0.1, 0.15) is 11.7 Å². The predicted octanol–water partition coefficient (Wildman–Crippen LogP) is 1.77. The summed E-state index contributed by atoms with van der Waals surface area (Å²) in [6.45, 7) is 5.21. The summed E-state index contributed by atoms with van der Waals surface area (Å²) in [5, 5.41) is 10.0. The van der Waals surface area contributed by atoms with Gasteiger partial charge in [-0.15, -0.1) is 0 Å². The van der Waals surface area contributed by atoms with Crippen molar-refractivity contribution in [3.8, 4) is 0 Å². The van der Waals surface area contributed by atoms with Crippen LogP contribution in [0.4, 0.5) is 9.59 Å². The Bertz CT molecular complexity index is 397. The van der Waals surface area contributed by atoms with Gasteiger partial charge >= 0.3 is 19.0 Å². The summed E-state index contributed by atoms with van der Waals surface area (Å²) in [5.74, 6) is 0. The standard InChI is InChI=1S/C12H20N2O7/c1-12(2,3)21-10(15)13-6-4-9(5-7-13)20-11(16)19-8-14(17)18/h9H,4-8H2,1-3H3. The minimum Gasteiger partial charge on any atom is -0.444 e. The van der Waals surface area contributed by atoms with Crippen LogP contribution in [0.25, 0.3) is 0 Å². The maximum Gasteiger partial charge on any atom is 0.513 e. The fourth-order valence-electron chi connectivity index (χ4n) is 1.76. The van der Waals surface area contributed by atoms with E-state index < -0.39 is 35.6 Å². The van der Waals surface area contributed by atoms with E-state index in [0.717, 1.165) is 0 Å². The topological polar surface area (TPSA) is 108 Å². The minimum atomic E-state index is -1.07. The lowest BCUT2D eigenvalue weighted by Gasteiger charge is -2.32. The van der Waals surface area contributed by atoms with Crippen molar-refractivity contribution in [2.75, 3.05) is 19.8 Å². The Hall–Kier alpha value is -2.06. The van der Waals surface area contributed by atoms with Crippen molar-refractivity contribution in [1.29, 1.82) is 0 Å². The number of hydrogen-bond acceptors (Lipinski definition) is 7. The first-order chi connectivity index (χ1) is 9.67. The Morgan fingerprint density at radius 3 is 2.33 bits per heavy atom. The second-order valence-electron chi connectivity index (χ2n) is 5.64. The van der Waals surface area contributed by atoms with E-state index in [9.17, 15) is 19.7 Å². The van der Waals surface area contributed by atoms with Gasteiger partial charge in [-0.2, -0.15) is 0 Å². The van der Waals surface area contributed by atoms with E-state index in [1.807, 2.05) is 0 Å². The lowest BCUT2D eigenvalue weighted by Crippen LogP contribution is -2.43. The molecule has 0 aromatic rings. The monoisotopic (exact) mass is 304 g/mol. The second kappa shape index (κ2) is 7.09. The Morgan fingerprint density at radius 1 is 1.29 bits per heavy atom. The molecule has 0 N–H and O–H groups in total. The molecule has 0 saturated carbocycles. The van der Waals surface area contributed by atoms with Gasteiger partial charge in [0, 0.05) is 25.9 Å². The van der Waals surface area contributed by atoms with E-state index in [4.69, 9.17) is 9.47 Å². The third-order valence-electron chi connectivity index (χ3n) is 2.64. The van der Waals surface area contributed by atoms with E-state index in [-0.39, 0.29) is 0 Å². The molecule has 0 radical (unpaired) electrons. The van der Waals surface area contributed by atoms with Crippen molar-refractivity contribution in [3.05, 3.63) is 10.1 Å². The molecule has 0 aromatic carbocycles. The van der Waals surface area contributed by atoms with E-state index in [1.54, 1.807) is 20.8 Å². The largest absolute Gasteiger partial charge is 0.513 e. The Balaban J connectivity index is 2.30. The molecule has 0 unspecified atom stereocenters. The molecule has 0 aliphatic carbocycles. The predicted molar refractivity (Wildman–Crippen MR) is 70.3 cm³/mol. The molecular formula is C12H20N2O7. The molecule has 120 valence electrons. The van der Waals surface area contributed by atoms with Gasteiger partial charge in [0.15, 0.2) is 0 Å². The van der Waals surface area contributed by atoms with Crippen molar-refractivity contribution >= 4 is 12.2 Å². The average molecular weight is 304 g/mol. The average Bonchev–Trinajstić information content (AvgIpc) is 2.35. The molecule has 0 bridgehead atoms. The highest BCUT2D eigenvalue weighted by Gasteiger charge is 2.28. The summed E-state index contributed by atoms with van der Waals surface area (Å²) < 4.78 is 14.4. The molecule has 21 heavy (non-hydrogen) atoms. The zero-order valence-corrected chi connectivity index (χ0v) is 12.4. The van der Waals surface area contributed by atoms with Crippen LogP contribution < -0.4 is 0 Å². The van der Waals surface area contributed by atoms with Crippen LogP contribution in [0, 0.1) is 10.1 Å². The quantitative estimate of drug-likeness (QED) is 0.338. The van der Waals surface area contributed by atoms with Crippen LogP contribution >= 0.6 is 0 Å². The summed E-state index contributed by atoms with van der Waals surface area (Å²) in [5.41, 5.74) is -0.559. The third-order valence-corrected chi connectivity index (χ3v) is 2.64. The SMILES string of the molecule is CC(C)(C)OC(=O)N1CCC(OC(=O)OC[N+](=O)[O-])CC1. The molecule has 1 fully saturated rings. The number of likely N-dealkylation sites (tertiary alicyclic amines) is 1. The maximum absolute atomic E-state index is 11.8. The first-order valence-corrected chi connectivity index (χ1v) is 6.60. The third kappa shape index (κ3) is 6.77. The van der Waals surface area contributed by atoms with Crippen molar-refractivity contribution in [3.63, 3.8) is 0 Å². The highest BCUT2D eigenvalue weighted by Crippen LogP contribution is 2.17. The fraction of sp³-hybridized carbons (Fsp3) is 0.833. The van der Waals surface area contributed by atoms with Gasteiger partial charge < -0.3 is 19.1 Å². The van der Waals surface area contributed by atoms with Crippen LogP contribution in [-0.4, -0.2) is 53.6 Å². The Labute approximate surface area is 122 Å². The number of carbonyl (C=O) groups is 2. The van der Waals surface area contributed by atoms with Gasteiger partial charge in [-0.3, -0.25) is 10.1 Å². The molecule has 1 rings (SSSR count). The summed E-state index contributed by atoms with van der Waals surface area (Å²) in [6, 6.07) is 0. The zero-order valence-electron chi connectivity index (χ0n) is 12.4. The van der Waals surface area contributed by atoms with Crippen molar-refractivity contribution in [2.45, 2.75) is 45.3 Å². The number of carbonyl (C=O) groups excluding carboxylic acids is 2. The Morgan fingerprint density at radius 2 is 1.86 bits per heavy atom. The number of rotatable bonds is 3. The number of ether oxygens (including phenoxy) is 3. The van der Waals surface area contributed by atoms with Gasteiger partial charge in [0.05, 0.1) is 4.92 Å². The van der Waals surface area contributed by atoms with Crippen LogP contribution in [0.1, 0.15) is 33.6 Å². The highest BCUT2D eigenvalue weighted by molar-refractivity contribution is 5.68. The molecule has 0 spiro atoms. The van der Waals surface area contributed by atoms with E-state index in [2.05, 4.69) is 4.74 Å². The number of nitrogens with zero attached hydrogens (tertiary/aromatic N) is 2. The fourth-order valence-corrected chi connectivity index (χ4v) is 1.76. The van der Waals surface area contributed by atoms with Crippen molar-refractivity contribution < 1.29 is 28.7 Å². The molecular weight excluding hydrogens is 284 g/mol. The molecule has 0 aromatic heterocycles. The molecule has 0 atom stereocenters. The first kappa shape index (κ1) is 17.0. The summed E-state index contributed by atoms with van der Waals surface area (Å²) in [6.07, 6.45) is -1.01. The number of nitro groups is 1. The van der Waals surface area contributed by atoms with Gasteiger partial charge in [0.25, 0.3) is 0 Å².